The summed E-state index contributed by atoms with van der Waals surface area (Å²) in [7, 11) is 0. The Bertz CT molecular complexity index is 1570. The first kappa shape index (κ1) is 20.9. The van der Waals surface area contributed by atoms with Crippen molar-refractivity contribution in [1.82, 2.24) is 18.9 Å². The Morgan fingerprint density at radius 3 is 2.67 bits per heavy atom. The summed E-state index contributed by atoms with van der Waals surface area (Å²) in [5, 5.41) is 5.09. The van der Waals surface area contributed by atoms with E-state index in [9.17, 15) is 14.4 Å². The predicted molar refractivity (Wildman–Crippen MR) is 128 cm³/mol. The van der Waals surface area contributed by atoms with Gasteiger partial charge in [-0.05, 0) is 23.8 Å². The molecule has 0 fully saturated rings. The molecular formula is C23H16ClN5O3S. The van der Waals surface area contributed by atoms with Gasteiger partial charge in [0.2, 0.25) is 0 Å². The summed E-state index contributed by atoms with van der Waals surface area (Å²) in [4.78, 5) is 45.8. The lowest BCUT2D eigenvalue weighted by molar-refractivity contribution is 0.102. The summed E-state index contributed by atoms with van der Waals surface area (Å²) >= 11 is 7.70. The van der Waals surface area contributed by atoms with E-state index < -0.39 is 17.2 Å². The van der Waals surface area contributed by atoms with Gasteiger partial charge in [-0.2, -0.15) is 0 Å². The first-order chi connectivity index (χ1) is 16.0. The van der Waals surface area contributed by atoms with Crippen LogP contribution in [-0.4, -0.2) is 24.8 Å². The zero-order chi connectivity index (χ0) is 22.9. The number of nitrogens with zero attached hydrogens (tertiary/aromatic N) is 3. The summed E-state index contributed by atoms with van der Waals surface area (Å²) in [5.41, 5.74) is 1.32. The van der Waals surface area contributed by atoms with E-state index in [1.165, 1.54) is 0 Å². The van der Waals surface area contributed by atoms with Crippen molar-refractivity contribution in [1.29, 1.82) is 0 Å². The molecule has 164 valence electrons. The molecule has 5 rings (SSSR count). The molecule has 33 heavy (non-hydrogen) atoms. The van der Waals surface area contributed by atoms with Crippen LogP contribution in [0.15, 0.2) is 82.1 Å². The smallest absolute Gasteiger partial charge is 0.322 e. The Labute approximate surface area is 195 Å². The lowest BCUT2D eigenvalue weighted by Crippen LogP contribution is -2.39. The van der Waals surface area contributed by atoms with Crippen LogP contribution in [0.4, 0.5) is 5.69 Å². The van der Waals surface area contributed by atoms with Crippen molar-refractivity contribution < 1.29 is 4.79 Å². The maximum Gasteiger partial charge on any atom is 0.328 e. The van der Waals surface area contributed by atoms with Gasteiger partial charge in [-0.3, -0.25) is 18.6 Å². The van der Waals surface area contributed by atoms with Gasteiger partial charge in [0.1, 0.15) is 5.56 Å². The molecular weight excluding hydrogens is 462 g/mol. The minimum Gasteiger partial charge on any atom is -0.322 e. The van der Waals surface area contributed by atoms with Crippen molar-refractivity contribution >= 4 is 39.5 Å². The highest BCUT2D eigenvalue weighted by molar-refractivity contribution is 7.15. The van der Waals surface area contributed by atoms with Gasteiger partial charge in [-0.15, -0.1) is 11.3 Å². The number of rotatable bonds is 5. The molecule has 3 heterocycles. The van der Waals surface area contributed by atoms with E-state index >= 15 is 0 Å². The third-order valence-electron chi connectivity index (χ3n) is 5.12. The Balaban J connectivity index is 1.37. The summed E-state index contributed by atoms with van der Waals surface area (Å²) in [6.45, 7) is -0.0498. The fraction of sp³-hybridized carbons (Fsp3) is 0.0435. The highest BCUT2D eigenvalue weighted by atomic mass is 35.5. The number of H-pyrrole nitrogens is 1. The normalized spacial score (nSPS) is 11.1. The molecule has 0 aliphatic heterocycles. The molecule has 2 aromatic carbocycles. The molecule has 8 nitrogen and oxygen atoms in total. The lowest BCUT2D eigenvalue weighted by Gasteiger charge is -2.09. The zero-order valence-corrected chi connectivity index (χ0v) is 18.6. The van der Waals surface area contributed by atoms with Gasteiger partial charge in [0.15, 0.2) is 4.96 Å². The lowest BCUT2D eigenvalue weighted by atomic mass is 10.1. The molecule has 5 aromatic rings. The van der Waals surface area contributed by atoms with Crippen molar-refractivity contribution in [3.05, 3.63) is 109 Å². The Kier molecular flexibility index (Phi) is 5.41. The van der Waals surface area contributed by atoms with Crippen molar-refractivity contribution in [3.63, 3.8) is 0 Å². The minimum atomic E-state index is -0.703. The van der Waals surface area contributed by atoms with Crippen LogP contribution in [0.25, 0.3) is 16.2 Å². The second kappa shape index (κ2) is 8.53. The molecule has 0 spiro atoms. The van der Waals surface area contributed by atoms with Gasteiger partial charge in [-0.25, -0.2) is 9.78 Å². The zero-order valence-electron chi connectivity index (χ0n) is 17.0. The van der Waals surface area contributed by atoms with Gasteiger partial charge in [0.05, 0.1) is 12.2 Å². The molecule has 10 heteroatoms. The predicted octanol–water partition coefficient (Wildman–Crippen LogP) is 3.87. The monoisotopic (exact) mass is 477 g/mol. The van der Waals surface area contributed by atoms with Crippen molar-refractivity contribution in [2.75, 3.05) is 5.32 Å². The standard InChI is InChI=1S/C23H16ClN5O3S/c24-18-4-2-1-3-15(18)12-29-21(31)17(11-25-22(29)32)20(30)26-16-7-5-14(6-8-16)19-13-28-9-10-33-23(28)27-19/h1-11,13H,12H2,(H,25,32)(H,26,30). The number of nitrogens with one attached hydrogen (secondary N) is 2. The van der Waals surface area contributed by atoms with Crippen LogP contribution >= 0.6 is 22.9 Å². The summed E-state index contributed by atoms with van der Waals surface area (Å²) in [6.07, 6.45) is 4.99. The Morgan fingerprint density at radius 2 is 1.91 bits per heavy atom. The largest absolute Gasteiger partial charge is 0.328 e. The van der Waals surface area contributed by atoms with E-state index in [4.69, 9.17) is 11.6 Å². The van der Waals surface area contributed by atoms with Crippen LogP contribution in [0.5, 0.6) is 0 Å². The number of aromatic nitrogens is 4. The second-order valence-electron chi connectivity index (χ2n) is 7.24. The number of hydrogen-bond donors (Lipinski definition) is 2. The van der Waals surface area contributed by atoms with Crippen LogP contribution in [0, 0.1) is 0 Å². The van der Waals surface area contributed by atoms with Gasteiger partial charge >= 0.3 is 5.69 Å². The third-order valence-corrected chi connectivity index (χ3v) is 6.26. The van der Waals surface area contributed by atoms with Crippen LogP contribution in [0.3, 0.4) is 0 Å². The van der Waals surface area contributed by atoms with Crippen LogP contribution in [0.2, 0.25) is 5.02 Å². The molecule has 3 aromatic heterocycles. The molecule has 0 aliphatic rings. The number of anilines is 1. The average molecular weight is 478 g/mol. The molecule has 0 aliphatic carbocycles. The molecule has 0 saturated heterocycles. The molecule has 0 atom stereocenters. The van der Waals surface area contributed by atoms with E-state index in [1.54, 1.807) is 47.7 Å². The number of amides is 1. The van der Waals surface area contributed by atoms with Crippen molar-refractivity contribution in [2.45, 2.75) is 6.54 Å². The van der Waals surface area contributed by atoms with Gasteiger partial charge < -0.3 is 10.3 Å². The number of aromatic amines is 1. The third kappa shape index (κ3) is 4.11. The number of fused-ring (bicyclic) bond motifs is 1. The van der Waals surface area contributed by atoms with E-state index in [0.29, 0.717) is 16.3 Å². The van der Waals surface area contributed by atoms with Crippen LogP contribution < -0.4 is 16.6 Å². The fourth-order valence-corrected chi connectivity index (χ4v) is 4.30. The molecule has 1 amide bonds. The Morgan fingerprint density at radius 1 is 1.12 bits per heavy atom. The molecule has 2 N–H and O–H groups in total. The highest BCUT2D eigenvalue weighted by Gasteiger charge is 2.16. The molecule has 0 radical (unpaired) electrons. The fourth-order valence-electron chi connectivity index (χ4n) is 3.40. The highest BCUT2D eigenvalue weighted by Crippen LogP contribution is 2.23. The van der Waals surface area contributed by atoms with Crippen LogP contribution in [-0.2, 0) is 6.54 Å². The van der Waals surface area contributed by atoms with Gasteiger partial charge in [0.25, 0.3) is 11.5 Å². The molecule has 0 unspecified atom stereocenters. The van der Waals surface area contributed by atoms with E-state index in [-0.39, 0.29) is 12.1 Å². The van der Waals surface area contributed by atoms with Crippen molar-refractivity contribution in [3.8, 4) is 11.3 Å². The number of carbonyl (C=O) groups excluding carboxylic acids is 1. The summed E-state index contributed by atoms with van der Waals surface area (Å²) < 4.78 is 2.89. The number of halogens is 1. The summed E-state index contributed by atoms with van der Waals surface area (Å²) in [6, 6.07) is 14.0. The van der Waals surface area contributed by atoms with Crippen LogP contribution in [0.1, 0.15) is 15.9 Å². The van der Waals surface area contributed by atoms with E-state index in [1.807, 2.05) is 34.3 Å². The number of benzene rings is 2. The number of carbonyl (C=O) groups is 1. The second-order valence-corrected chi connectivity index (χ2v) is 8.52. The summed E-state index contributed by atoms with van der Waals surface area (Å²) in [5.74, 6) is -0.626. The van der Waals surface area contributed by atoms with Gasteiger partial charge in [-0.1, -0.05) is 41.9 Å². The van der Waals surface area contributed by atoms with E-state index in [0.717, 1.165) is 27.0 Å². The SMILES string of the molecule is O=C(Nc1ccc(-c2cn3ccsc3n2)cc1)c1c[nH]c(=O)n(Cc2ccccc2Cl)c1=O. The average Bonchev–Trinajstić information content (AvgIpc) is 3.41. The maximum absolute atomic E-state index is 12.9. The Hall–Kier alpha value is -3.95. The quantitative estimate of drug-likeness (QED) is 0.401. The van der Waals surface area contributed by atoms with Gasteiger partial charge in [0, 0.05) is 40.2 Å². The topological polar surface area (TPSA) is 101 Å². The van der Waals surface area contributed by atoms with Crippen molar-refractivity contribution in [2.24, 2.45) is 0 Å². The van der Waals surface area contributed by atoms with E-state index in [2.05, 4.69) is 15.3 Å². The maximum atomic E-state index is 12.9. The molecule has 0 saturated carbocycles. The number of imidazole rings is 1. The molecule has 0 bridgehead atoms. The first-order valence-electron chi connectivity index (χ1n) is 9.89. The minimum absolute atomic E-state index is 0.0498. The number of thiazole rings is 1. The first-order valence-corrected chi connectivity index (χ1v) is 11.2. The number of hydrogen-bond acceptors (Lipinski definition) is 5.